The summed E-state index contributed by atoms with van der Waals surface area (Å²) in [5.74, 6) is -0.680. The summed E-state index contributed by atoms with van der Waals surface area (Å²) in [5, 5.41) is 29.7. The number of aromatic nitrogens is 1. The summed E-state index contributed by atoms with van der Waals surface area (Å²) in [4.78, 5) is 4.02. The Labute approximate surface area is 89.2 Å². The maximum absolute atomic E-state index is 9.92. The molecule has 0 saturated heterocycles. The number of fused-ring (bicyclic) bond motifs is 2. The summed E-state index contributed by atoms with van der Waals surface area (Å²) in [6.07, 6.45) is 1.40. The maximum Gasteiger partial charge on any atom is 0.230 e. The summed E-state index contributed by atoms with van der Waals surface area (Å²) in [6.45, 7) is 0. The maximum atomic E-state index is 9.92. The van der Waals surface area contributed by atoms with E-state index in [0.29, 0.717) is 10.8 Å². The lowest BCUT2D eigenvalue weighted by Crippen LogP contribution is -1.82. The average molecular weight is 217 g/mol. The minimum Gasteiger partial charge on any atom is -0.506 e. The van der Waals surface area contributed by atoms with Gasteiger partial charge < -0.3 is 19.7 Å². The number of nitrogens with zero attached hydrogens (tertiary/aromatic N) is 1. The third-order valence-corrected chi connectivity index (χ3v) is 2.50. The Morgan fingerprint density at radius 2 is 1.75 bits per heavy atom. The molecule has 0 aliphatic carbocycles. The first kappa shape index (κ1) is 8.84. The molecule has 0 bridgehead atoms. The highest BCUT2D eigenvalue weighted by molar-refractivity contribution is 6.01. The van der Waals surface area contributed by atoms with Crippen LogP contribution in [0, 0.1) is 0 Å². The molecule has 1 aromatic carbocycles. The van der Waals surface area contributed by atoms with Crippen LogP contribution in [0.1, 0.15) is 0 Å². The molecule has 5 nitrogen and oxygen atoms in total. The van der Waals surface area contributed by atoms with E-state index >= 15 is 0 Å². The number of phenolic OH excluding ortho intramolecular Hbond substituents is 2. The summed E-state index contributed by atoms with van der Waals surface area (Å²) in [7, 11) is 0. The second-order valence-corrected chi connectivity index (χ2v) is 3.43. The SMILES string of the molecule is Oc1ccc2c(O)c3ccoc3nc2c1O. The second kappa shape index (κ2) is 2.79. The third kappa shape index (κ3) is 0.967. The Hall–Kier alpha value is -2.43. The summed E-state index contributed by atoms with van der Waals surface area (Å²) in [6, 6.07) is 4.37. The van der Waals surface area contributed by atoms with Crippen molar-refractivity contribution in [3.63, 3.8) is 0 Å². The van der Waals surface area contributed by atoms with Crippen LogP contribution in [0.3, 0.4) is 0 Å². The van der Waals surface area contributed by atoms with Gasteiger partial charge in [-0.15, -0.1) is 0 Å². The minimum absolute atomic E-state index is 0.0240. The normalized spacial score (nSPS) is 11.2. The van der Waals surface area contributed by atoms with Gasteiger partial charge in [-0.25, -0.2) is 4.98 Å². The molecule has 3 N–H and O–H groups in total. The van der Waals surface area contributed by atoms with E-state index in [1.54, 1.807) is 6.07 Å². The zero-order valence-corrected chi connectivity index (χ0v) is 8.01. The number of hydrogen-bond donors (Lipinski definition) is 3. The fourth-order valence-electron chi connectivity index (χ4n) is 1.69. The van der Waals surface area contributed by atoms with E-state index in [1.807, 2.05) is 0 Å². The number of furan rings is 1. The first-order valence-corrected chi connectivity index (χ1v) is 4.59. The third-order valence-electron chi connectivity index (χ3n) is 2.50. The summed E-state index contributed by atoms with van der Waals surface area (Å²) >= 11 is 0. The van der Waals surface area contributed by atoms with Crippen molar-refractivity contribution in [2.24, 2.45) is 0 Å². The molecule has 0 atom stereocenters. The Balaban J connectivity index is 2.61. The molecule has 0 spiro atoms. The van der Waals surface area contributed by atoms with E-state index < -0.39 is 0 Å². The van der Waals surface area contributed by atoms with E-state index in [2.05, 4.69) is 4.98 Å². The zero-order chi connectivity index (χ0) is 11.3. The quantitative estimate of drug-likeness (QED) is 0.502. The van der Waals surface area contributed by atoms with Crippen LogP contribution in [0.4, 0.5) is 0 Å². The molecule has 0 aliphatic heterocycles. The van der Waals surface area contributed by atoms with Crippen molar-refractivity contribution < 1.29 is 19.7 Å². The van der Waals surface area contributed by atoms with Crippen LogP contribution in [-0.2, 0) is 0 Å². The largest absolute Gasteiger partial charge is 0.506 e. The van der Waals surface area contributed by atoms with Crippen LogP contribution >= 0.6 is 0 Å². The van der Waals surface area contributed by atoms with E-state index in [1.165, 1.54) is 18.4 Å². The van der Waals surface area contributed by atoms with Gasteiger partial charge in [-0.1, -0.05) is 0 Å². The Kier molecular flexibility index (Phi) is 1.54. The van der Waals surface area contributed by atoms with Crippen molar-refractivity contribution in [2.45, 2.75) is 0 Å². The molecule has 0 unspecified atom stereocenters. The van der Waals surface area contributed by atoms with E-state index in [9.17, 15) is 15.3 Å². The highest BCUT2D eigenvalue weighted by atomic mass is 16.3. The van der Waals surface area contributed by atoms with Crippen molar-refractivity contribution >= 4 is 22.0 Å². The van der Waals surface area contributed by atoms with Gasteiger partial charge in [0.05, 0.1) is 11.6 Å². The molecule has 3 aromatic rings. The topological polar surface area (TPSA) is 86.7 Å². The second-order valence-electron chi connectivity index (χ2n) is 3.43. The van der Waals surface area contributed by atoms with Crippen molar-refractivity contribution in [1.82, 2.24) is 4.98 Å². The van der Waals surface area contributed by atoms with Crippen molar-refractivity contribution in [3.8, 4) is 17.2 Å². The van der Waals surface area contributed by atoms with Crippen LogP contribution < -0.4 is 0 Å². The van der Waals surface area contributed by atoms with Crippen LogP contribution in [0.2, 0.25) is 0 Å². The monoisotopic (exact) mass is 217 g/mol. The van der Waals surface area contributed by atoms with Gasteiger partial charge in [0.25, 0.3) is 0 Å². The van der Waals surface area contributed by atoms with E-state index in [4.69, 9.17) is 4.42 Å². The number of hydrogen-bond acceptors (Lipinski definition) is 5. The first-order chi connectivity index (χ1) is 7.68. The van der Waals surface area contributed by atoms with Crippen molar-refractivity contribution in [2.75, 3.05) is 0 Å². The van der Waals surface area contributed by atoms with Crippen LogP contribution in [-0.4, -0.2) is 20.3 Å². The predicted molar refractivity (Wildman–Crippen MR) is 56.5 cm³/mol. The molecule has 3 rings (SSSR count). The van der Waals surface area contributed by atoms with Gasteiger partial charge in [0.2, 0.25) is 5.71 Å². The van der Waals surface area contributed by atoms with Crippen molar-refractivity contribution in [3.05, 3.63) is 24.5 Å². The van der Waals surface area contributed by atoms with E-state index in [0.717, 1.165) is 0 Å². The number of aromatic hydroxyl groups is 3. The molecule has 0 amide bonds. The molecule has 5 heteroatoms. The number of phenols is 2. The average Bonchev–Trinajstić information content (AvgIpc) is 2.73. The number of rotatable bonds is 0. The Morgan fingerprint density at radius 1 is 0.938 bits per heavy atom. The lowest BCUT2D eigenvalue weighted by atomic mass is 10.1. The highest BCUT2D eigenvalue weighted by Gasteiger charge is 2.14. The highest BCUT2D eigenvalue weighted by Crippen LogP contribution is 2.39. The van der Waals surface area contributed by atoms with Gasteiger partial charge in [0.1, 0.15) is 11.3 Å². The molecule has 2 aromatic heterocycles. The standard InChI is InChI=1S/C11H7NO4/c13-7-2-1-5-8(10(7)15)12-11-6(9(5)14)3-4-16-11/h1-4,13,15H,(H,12,14). The van der Waals surface area contributed by atoms with E-state index in [-0.39, 0.29) is 28.5 Å². The summed E-state index contributed by atoms with van der Waals surface area (Å²) < 4.78 is 5.04. The fraction of sp³-hybridized carbons (Fsp3) is 0. The minimum atomic E-state index is -0.369. The fourth-order valence-corrected chi connectivity index (χ4v) is 1.69. The van der Waals surface area contributed by atoms with Gasteiger partial charge in [-0.05, 0) is 18.2 Å². The molecule has 0 radical (unpaired) electrons. The van der Waals surface area contributed by atoms with Gasteiger partial charge >= 0.3 is 0 Å². The van der Waals surface area contributed by atoms with Gasteiger partial charge in [-0.2, -0.15) is 0 Å². The zero-order valence-electron chi connectivity index (χ0n) is 8.01. The Bertz CT molecular complexity index is 702. The number of pyridine rings is 1. The molecule has 80 valence electrons. The van der Waals surface area contributed by atoms with Crippen LogP contribution in [0.5, 0.6) is 17.2 Å². The smallest absolute Gasteiger partial charge is 0.230 e. The van der Waals surface area contributed by atoms with Gasteiger partial charge in [-0.3, -0.25) is 0 Å². The molecular formula is C11H7NO4. The lowest BCUT2D eigenvalue weighted by Gasteiger charge is -2.04. The van der Waals surface area contributed by atoms with Gasteiger partial charge in [0, 0.05) is 5.39 Å². The molecule has 0 fully saturated rings. The molecule has 2 heterocycles. The molecule has 0 saturated carbocycles. The summed E-state index contributed by atoms with van der Waals surface area (Å²) in [5.41, 5.74) is 0.325. The molecular weight excluding hydrogens is 210 g/mol. The van der Waals surface area contributed by atoms with Crippen LogP contribution in [0.25, 0.3) is 22.0 Å². The Morgan fingerprint density at radius 3 is 2.56 bits per heavy atom. The van der Waals surface area contributed by atoms with Gasteiger partial charge in [0.15, 0.2) is 11.5 Å². The lowest BCUT2D eigenvalue weighted by molar-refractivity contribution is 0.407. The first-order valence-electron chi connectivity index (χ1n) is 4.59. The molecule has 0 aliphatic rings. The molecule has 16 heavy (non-hydrogen) atoms. The number of benzene rings is 1. The van der Waals surface area contributed by atoms with Crippen LogP contribution in [0.15, 0.2) is 28.9 Å². The predicted octanol–water partition coefficient (Wildman–Crippen LogP) is 2.10. The van der Waals surface area contributed by atoms with Crippen molar-refractivity contribution in [1.29, 1.82) is 0 Å².